The van der Waals surface area contributed by atoms with Gasteiger partial charge in [0, 0.05) is 11.9 Å². The van der Waals surface area contributed by atoms with Gasteiger partial charge >= 0.3 is 5.97 Å². The first-order valence-corrected chi connectivity index (χ1v) is 10.0. The molecule has 2 aromatic rings. The molecule has 1 aromatic carbocycles. The summed E-state index contributed by atoms with van der Waals surface area (Å²) in [5, 5.41) is 2.38. The second-order valence-electron chi connectivity index (χ2n) is 5.98. The molecule has 1 aromatic heterocycles. The number of ether oxygens (including phenoxy) is 2. The molecule has 7 heteroatoms. The van der Waals surface area contributed by atoms with Crippen LogP contribution < -0.4 is 4.74 Å². The van der Waals surface area contributed by atoms with Crippen molar-refractivity contribution in [3.05, 3.63) is 45.9 Å². The van der Waals surface area contributed by atoms with Crippen LogP contribution in [-0.4, -0.2) is 42.0 Å². The lowest BCUT2D eigenvalue weighted by molar-refractivity contribution is 0.0520. The number of thiazole rings is 1. The van der Waals surface area contributed by atoms with Crippen molar-refractivity contribution in [1.29, 1.82) is 0 Å². The van der Waals surface area contributed by atoms with Gasteiger partial charge in [-0.2, -0.15) is 0 Å². The Hall–Kier alpha value is -2.41. The number of hydrogen-bond acceptors (Lipinski definition) is 6. The van der Waals surface area contributed by atoms with Crippen LogP contribution in [0.25, 0.3) is 0 Å². The number of benzene rings is 1. The highest BCUT2D eigenvalue weighted by molar-refractivity contribution is 7.09. The van der Waals surface area contributed by atoms with Crippen LogP contribution in [0.3, 0.4) is 0 Å². The van der Waals surface area contributed by atoms with Crippen molar-refractivity contribution in [3.63, 3.8) is 0 Å². The highest BCUT2D eigenvalue weighted by atomic mass is 32.1. The highest BCUT2D eigenvalue weighted by Gasteiger charge is 2.21. The molecule has 6 nitrogen and oxygen atoms in total. The van der Waals surface area contributed by atoms with Crippen LogP contribution in [0.5, 0.6) is 5.75 Å². The fourth-order valence-corrected chi connectivity index (χ4v) is 3.42. The fourth-order valence-electron chi connectivity index (χ4n) is 2.64. The van der Waals surface area contributed by atoms with Crippen molar-refractivity contribution < 1.29 is 19.1 Å². The molecule has 1 amide bonds. The van der Waals surface area contributed by atoms with Gasteiger partial charge in [0.15, 0.2) is 5.69 Å². The van der Waals surface area contributed by atoms with E-state index >= 15 is 0 Å². The summed E-state index contributed by atoms with van der Waals surface area (Å²) in [5.41, 5.74) is 0.814. The number of esters is 1. The number of carbonyl (C=O) groups is 2. The van der Waals surface area contributed by atoms with Gasteiger partial charge in [0.1, 0.15) is 10.8 Å². The third-order valence-corrected chi connectivity index (χ3v) is 4.85. The van der Waals surface area contributed by atoms with Crippen LogP contribution in [0.2, 0.25) is 0 Å². The monoisotopic (exact) mass is 390 g/mol. The molecule has 146 valence electrons. The van der Waals surface area contributed by atoms with Crippen molar-refractivity contribution in [2.45, 2.75) is 39.7 Å². The molecule has 0 aliphatic rings. The molecule has 0 N–H and O–H groups in total. The summed E-state index contributed by atoms with van der Waals surface area (Å²) in [6.45, 7) is 5.16. The van der Waals surface area contributed by atoms with Crippen molar-refractivity contribution in [2.24, 2.45) is 0 Å². The molecule has 0 aliphatic carbocycles. The van der Waals surface area contributed by atoms with E-state index in [-0.39, 0.29) is 11.6 Å². The van der Waals surface area contributed by atoms with Crippen LogP contribution in [0.1, 0.15) is 59.0 Å². The maximum absolute atomic E-state index is 13.1. The SMILES string of the molecule is CCCCCN(Cc1nc(C(=O)OCC)cs1)C(=O)c1ccccc1OC. The molecule has 2 rings (SSSR count). The van der Waals surface area contributed by atoms with Gasteiger partial charge in [-0.05, 0) is 25.5 Å². The lowest BCUT2D eigenvalue weighted by Gasteiger charge is -2.22. The van der Waals surface area contributed by atoms with E-state index < -0.39 is 5.97 Å². The van der Waals surface area contributed by atoms with Gasteiger partial charge in [0.2, 0.25) is 0 Å². The molecule has 0 saturated carbocycles. The number of hydrogen-bond donors (Lipinski definition) is 0. The second kappa shape index (κ2) is 10.7. The van der Waals surface area contributed by atoms with Crippen LogP contribution in [0.4, 0.5) is 0 Å². The first-order chi connectivity index (χ1) is 13.1. The van der Waals surface area contributed by atoms with Crippen molar-refractivity contribution >= 4 is 23.2 Å². The predicted octanol–water partition coefficient (Wildman–Crippen LogP) is 4.16. The first kappa shape index (κ1) is 20.9. The Bertz CT molecular complexity index is 760. The molecule has 0 aliphatic heterocycles. The molecular weight excluding hydrogens is 364 g/mol. The number of methoxy groups -OCH3 is 1. The van der Waals surface area contributed by atoms with Crippen LogP contribution in [0, 0.1) is 0 Å². The number of carbonyl (C=O) groups excluding carboxylic acids is 2. The average molecular weight is 391 g/mol. The van der Waals surface area contributed by atoms with Crippen LogP contribution in [0.15, 0.2) is 29.6 Å². The van der Waals surface area contributed by atoms with Crippen LogP contribution >= 0.6 is 11.3 Å². The summed E-state index contributed by atoms with van der Waals surface area (Å²) in [6, 6.07) is 7.20. The molecule has 0 spiro atoms. The highest BCUT2D eigenvalue weighted by Crippen LogP contribution is 2.22. The predicted molar refractivity (Wildman–Crippen MR) is 105 cm³/mol. The van der Waals surface area contributed by atoms with E-state index in [0.29, 0.717) is 36.0 Å². The smallest absolute Gasteiger partial charge is 0.357 e. The molecule has 0 bridgehead atoms. The Morgan fingerprint density at radius 2 is 1.96 bits per heavy atom. The summed E-state index contributed by atoms with van der Waals surface area (Å²) in [5.74, 6) is 0.0133. The number of para-hydroxylation sites is 1. The number of unbranched alkanes of at least 4 members (excludes halogenated alkanes) is 2. The van der Waals surface area contributed by atoms with Gasteiger partial charge in [-0.15, -0.1) is 11.3 Å². The average Bonchev–Trinajstić information content (AvgIpc) is 3.15. The minimum absolute atomic E-state index is 0.101. The Morgan fingerprint density at radius 3 is 2.67 bits per heavy atom. The minimum Gasteiger partial charge on any atom is -0.496 e. The third kappa shape index (κ3) is 5.79. The molecule has 0 atom stereocenters. The quantitative estimate of drug-likeness (QED) is 0.450. The zero-order chi connectivity index (χ0) is 19.6. The van der Waals surface area contributed by atoms with Crippen molar-refractivity contribution in [1.82, 2.24) is 9.88 Å². The van der Waals surface area contributed by atoms with E-state index in [1.54, 1.807) is 36.4 Å². The summed E-state index contributed by atoms with van der Waals surface area (Å²) in [6.07, 6.45) is 3.02. The second-order valence-corrected chi connectivity index (χ2v) is 6.92. The maximum atomic E-state index is 13.1. The number of nitrogens with zero attached hydrogens (tertiary/aromatic N) is 2. The van der Waals surface area contributed by atoms with Gasteiger partial charge in [0.05, 0.1) is 25.8 Å². The summed E-state index contributed by atoms with van der Waals surface area (Å²) < 4.78 is 10.3. The minimum atomic E-state index is -0.436. The van der Waals surface area contributed by atoms with Gasteiger partial charge in [-0.1, -0.05) is 31.9 Å². The Kier molecular flexibility index (Phi) is 8.26. The molecular formula is C20H26N2O4S. The zero-order valence-electron chi connectivity index (χ0n) is 16.1. The normalized spacial score (nSPS) is 10.5. The van der Waals surface area contributed by atoms with E-state index in [4.69, 9.17) is 9.47 Å². The Morgan fingerprint density at radius 1 is 1.19 bits per heavy atom. The van der Waals surface area contributed by atoms with E-state index in [0.717, 1.165) is 19.3 Å². The third-order valence-electron chi connectivity index (χ3n) is 4.02. The molecule has 0 fully saturated rings. The van der Waals surface area contributed by atoms with Crippen molar-refractivity contribution in [3.8, 4) is 5.75 Å². The fraction of sp³-hybridized carbons (Fsp3) is 0.450. The molecule has 0 radical (unpaired) electrons. The largest absolute Gasteiger partial charge is 0.496 e. The van der Waals surface area contributed by atoms with Gasteiger partial charge in [0.25, 0.3) is 5.91 Å². The summed E-state index contributed by atoms with van der Waals surface area (Å²) in [7, 11) is 1.56. The van der Waals surface area contributed by atoms with E-state index in [1.165, 1.54) is 11.3 Å². The number of rotatable bonds is 10. The standard InChI is InChI=1S/C20H26N2O4S/c1-4-6-9-12-22(19(23)15-10-7-8-11-17(15)25-3)13-18-21-16(14-27-18)20(24)26-5-2/h7-8,10-11,14H,4-6,9,12-13H2,1-3H3. The Labute approximate surface area is 164 Å². The molecule has 1 heterocycles. The first-order valence-electron chi connectivity index (χ1n) is 9.14. The van der Waals surface area contributed by atoms with E-state index in [1.807, 2.05) is 12.1 Å². The summed E-state index contributed by atoms with van der Waals surface area (Å²) in [4.78, 5) is 31.0. The van der Waals surface area contributed by atoms with Gasteiger partial charge in [-0.25, -0.2) is 9.78 Å². The lowest BCUT2D eigenvalue weighted by Crippen LogP contribution is -2.32. The summed E-state index contributed by atoms with van der Waals surface area (Å²) >= 11 is 1.36. The number of aromatic nitrogens is 1. The lowest BCUT2D eigenvalue weighted by atomic mass is 10.1. The van der Waals surface area contributed by atoms with Gasteiger partial charge < -0.3 is 14.4 Å². The number of amides is 1. The van der Waals surface area contributed by atoms with Crippen molar-refractivity contribution in [2.75, 3.05) is 20.3 Å². The topological polar surface area (TPSA) is 68.7 Å². The van der Waals surface area contributed by atoms with Gasteiger partial charge in [-0.3, -0.25) is 4.79 Å². The zero-order valence-corrected chi connectivity index (χ0v) is 16.9. The van der Waals surface area contributed by atoms with E-state index in [2.05, 4.69) is 11.9 Å². The van der Waals surface area contributed by atoms with E-state index in [9.17, 15) is 9.59 Å². The van der Waals surface area contributed by atoms with Crippen LogP contribution in [-0.2, 0) is 11.3 Å². The molecule has 27 heavy (non-hydrogen) atoms. The Balaban J connectivity index is 2.19. The maximum Gasteiger partial charge on any atom is 0.357 e. The molecule has 0 saturated heterocycles. The molecule has 0 unspecified atom stereocenters.